The van der Waals surface area contributed by atoms with Gasteiger partial charge in [-0.3, -0.25) is 9.79 Å². The molecule has 0 saturated heterocycles. The molecule has 0 aromatic rings. The standard InChI is InChI=1S/C15H30N4O2/c1-16-15(18-8-5-11-21-2)19-10-9-17-14(20)12-13-6-3-4-7-13/h13H,3-12H2,1-2H3,(H,17,20)(H2,16,18,19). The van der Waals surface area contributed by atoms with Gasteiger partial charge < -0.3 is 20.7 Å². The first-order valence-electron chi connectivity index (χ1n) is 7.96. The molecule has 1 saturated carbocycles. The zero-order valence-electron chi connectivity index (χ0n) is 13.4. The maximum absolute atomic E-state index is 11.8. The first kappa shape index (κ1) is 17.8. The molecule has 122 valence electrons. The second kappa shape index (κ2) is 11.4. The smallest absolute Gasteiger partial charge is 0.220 e. The molecule has 0 heterocycles. The summed E-state index contributed by atoms with van der Waals surface area (Å²) < 4.78 is 4.99. The monoisotopic (exact) mass is 298 g/mol. The minimum atomic E-state index is 0.173. The first-order valence-corrected chi connectivity index (χ1v) is 7.96. The van der Waals surface area contributed by atoms with E-state index in [1.54, 1.807) is 14.2 Å². The Morgan fingerprint density at radius 1 is 1.14 bits per heavy atom. The molecule has 0 aromatic heterocycles. The molecule has 3 N–H and O–H groups in total. The van der Waals surface area contributed by atoms with Gasteiger partial charge >= 0.3 is 0 Å². The van der Waals surface area contributed by atoms with E-state index in [1.807, 2.05) is 0 Å². The molecule has 0 aromatic carbocycles. The average molecular weight is 298 g/mol. The summed E-state index contributed by atoms with van der Waals surface area (Å²) in [5, 5.41) is 9.34. The Labute approximate surface area is 128 Å². The molecule has 1 aliphatic carbocycles. The van der Waals surface area contributed by atoms with Crippen LogP contribution >= 0.6 is 0 Å². The Morgan fingerprint density at radius 2 is 1.81 bits per heavy atom. The van der Waals surface area contributed by atoms with Crippen molar-refractivity contribution in [3.05, 3.63) is 0 Å². The van der Waals surface area contributed by atoms with E-state index in [9.17, 15) is 4.79 Å². The van der Waals surface area contributed by atoms with E-state index >= 15 is 0 Å². The topological polar surface area (TPSA) is 74.8 Å². The molecular weight excluding hydrogens is 268 g/mol. The van der Waals surface area contributed by atoms with E-state index in [1.165, 1.54) is 25.7 Å². The van der Waals surface area contributed by atoms with Crippen LogP contribution < -0.4 is 16.0 Å². The molecule has 1 rings (SSSR count). The number of nitrogens with zero attached hydrogens (tertiary/aromatic N) is 1. The van der Waals surface area contributed by atoms with Gasteiger partial charge in [-0.05, 0) is 25.2 Å². The van der Waals surface area contributed by atoms with Crippen LogP contribution in [0.25, 0.3) is 0 Å². The van der Waals surface area contributed by atoms with Gasteiger partial charge in [-0.1, -0.05) is 12.8 Å². The van der Waals surface area contributed by atoms with Crippen LogP contribution in [0, 0.1) is 5.92 Å². The number of aliphatic imine (C=N–C) groups is 1. The predicted molar refractivity (Wildman–Crippen MR) is 85.4 cm³/mol. The summed E-state index contributed by atoms with van der Waals surface area (Å²) in [6.07, 6.45) is 6.61. The van der Waals surface area contributed by atoms with E-state index in [0.29, 0.717) is 25.4 Å². The van der Waals surface area contributed by atoms with Crippen LogP contribution in [0.3, 0.4) is 0 Å². The number of rotatable bonds is 9. The van der Waals surface area contributed by atoms with Crippen molar-refractivity contribution in [2.45, 2.75) is 38.5 Å². The van der Waals surface area contributed by atoms with Gasteiger partial charge in [-0.2, -0.15) is 0 Å². The van der Waals surface area contributed by atoms with Crippen molar-refractivity contribution in [2.24, 2.45) is 10.9 Å². The van der Waals surface area contributed by atoms with E-state index in [-0.39, 0.29) is 5.91 Å². The molecule has 0 bridgehead atoms. The van der Waals surface area contributed by atoms with Crippen molar-refractivity contribution >= 4 is 11.9 Å². The SMILES string of the molecule is CN=C(NCCCOC)NCCNC(=O)CC1CCCC1. The van der Waals surface area contributed by atoms with Gasteiger partial charge in [0.2, 0.25) is 5.91 Å². The highest BCUT2D eigenvalue weighted by molar-refractivity contribution is 5.79. The molecule has 1 aliphatic rings. The summed E-state index contributed by atoms with van der Waals surface area (Å²) in [6.45, 7) is 2.87. The quantitative estimate of drug-likeness (QED) is 0.336. The lowest BCUT2D eigenvalue weighted by Crippen LogP contribution is -2.42. The van der Waals surface area contributed by atoms with E-state index in [0.717, 1.165) is 25.5 Å². The Bertz CT molecular complexity index is 315. The third-order valence-electron chi connectivity index (χ3n) is 3.73. The first-order chi connectivity index (χ1) is 10.3. The normalized spacial score (nSPS) is 16.0. The fourth-order valence-electron chi connectivity index (χ4n) is 2.58. The molecule has 6 nitrogen and oxygen atoms in total. The second-order valence-corrected chi connectivity index (χ2v) is 5.48. The van der Waals surface area contributed by atoms with Gasteiger partial charge in [0, 0.05) is 46.8 Å². The van der Waals surface area contributed by atoms with Gasteiger partial charge in [0.05, 0.1) is 0 Å². The van der Waals surface area contributed by atoms with Crippen molar-refractivity contribution in [3.8, 4) is 0 Å². The number of methoxy groups -OCH3 is 1. The molecule has 6 heteroatoms. The van der Waals surface area contributed by atoms with Crippen molar-refractivity contribution in [2.75, 3.05) is 40.4 Å². The lowest BCUT2D eigenvalue weighted by molar-refractivity contribution is -0.121. The summed E-state index contributed by atoms with van der Waals surface area (Å²) in [5.74, 6) is 1.54. The Balaban J connectivity index is 2.01. The maximum Gasteiger partial charge on any atom is 0.220 e. The highest BCUT2D eigenvalue weighted by Gasteiger charge is 2.17. The summed E-state index contributed by atoms with van der Waals surface area (Å²) in [6, 6.07) is 0. The van der Waals surface area contributed by atoms with Gasteiger partial charge in [0.25, 0.3) is 0 Å². The predicted octanol–water partition coefficient (Wildman–Crippen LogP) is 0.884. The number of ether oxygens (including phenoxy) is 1. The highest BCUT2D eigenvalue weighted by Crippen LogP contribution is 2.27. The summed E-state index contributed by atoms with van der Waals surface area (Å²) in [4.78, 5) is 15.9. The van der Waals surface area contributed by atoms with Crippen LogP contribution in [0.4, 0.5) is 0 Å². The van der Waals surface area contributed by atoms with E-state index < -0.39 is 0 Å². The average Bonchev–Trinajstić information content (AvgIpc) is 2.98. The Morgan fingerprint density at radius 3 is 2.48 bits per heavy atom. The fourth-order valence-corrected chi connectivity index (χ4v) is 2.58. The minimum absolute atomic E-state index is 0.173. The number of guanidine groups is 1. The van der Waals surface area contributed by atoms with Crippen molar-refractivity contribution in [3.63, 3.8) is 0 Å². The van der Waals surface area contributed by atoms with E-state index in [2.05, 4.69) is 20.9 Å². The molecule has 0 atom stereocenters. The largest absolute Gasteiger partial charge is 0.385 e. The third kappa shape index (κ3) is 8.55. The fraction of sp³-hybridized carbons (Fsp3) is 0.867. The summed E-state index contributed by atoms with van der Waals surface area (Å²) in [5.41, 5.74) is 0. The maximum atomic E-state index is 11.8. The molecular formula is C15H30N4O2. The minimum Gasteiger partial charge on any atom is -0.385 e. The van der Waals surface area contributed by atoms with Crippen molar-refractivity contribution < 1.29 is 9.53 Å². The van der Waals surface area contributed by atoms with Crippen LogP contribution in [0.5, 0.6) is 0 Å². The molecule has 0 radical (unpaired) electrons. The number of hydrogen-bond donors (Lipinski definition) is 3. The number of nitrogens with one attached hydrogen (secondary N) is 3. The number of hydrogen-bond acceptors (Lipinski definition) is 3. The molecule has 0 unspecified atom stereocenters. The molecule has 0 spiro atoms. The zero-order valence-corrected chi connectivity index (χ0v) is 13.4. The second-order valence-electron chi connectivity index (χ2n) is 5.48. The van der Waals surface area contributed by atoms with Crippen LogP contribution in [0.15, 0.2) is 4.99 Å². The lowest BCUT2D eigenvalue weighted by Gasteiger charge is -2.13. The van der Waals surface area contributed by atoms with Gasteiger partial charge in [0.1, 0.15) is 0 Å². The van der Waals surface area contributed by atoms with Crippen molar-refractivity contribution in [1.29, 1.82) is 0 Å². The van der Waals surface area contributed by atoms with Gasteiger partial charge in [-0.15, -0.1) is 0 Å². The molecule has 0 aliphatic heterocycles. The van der Waals surface area contributed by atoms with Crippen LogP contribution in [-0.4, -0.2) is 52.3 Å². The lowest BCUT2D eigenvalue weighted by atomic mass is 10.0. The van der Waals surface area contributed by atoms with Crippen LogP contribution in [0.1, 0.15) is 38.5 Å². The highest BCUT2D eigenvalue weighted by atomic mass is 16.5. The van der Waals surface area contributed by atoms with Gasteiger partial charge in [0.15, 0.2) is 5.96 Å². The molecule has 1 fully saturated rings. The number of carbonyl (C=O) groups excluding carboxylic acids is 1. The zero-order chi connectivity index (χ0) is 15.3. The van der Waals surface area contributed by atoms with Gasteiger partial charge in [-0.25, -0.2) is 0 Å². The summed E-state index contributed by atoms with van der Waals surface area (Å²) >= 11 is 0. The number of amides is 1. The molecule has 1 amide bonds. The van der Waals surface area contributed by atoms with Crippen LogP contribution in [0.2, 0.25) is 0 Å². The van der Waals surface area contributed by atoms with E-state index in [4.69, 9.17) is 4.74 Å². The molecule has 21 heavy (non-hydrogen) atoms. The Hall–Kier alpha value is -1.30. The van der Waals surface area contributed by atoms with Crippen LogP contribution in [-0.2, 0) is 9.53 Å². The summed E-state index contributed by atoms with van der Waals surface area (Å²) in [7, 11) is 3.44. The number of carbonyl (C=O) groups is 1. The van der Waals surface area contributed by atoms with Crippen molar-refractivity contribution in [1.82, 2.24) is 16.0 Å². The third-order valence-corrected chi connectivity index (χ3v) is 3.73. The Kier molecular flexibility index (Phi) is 9.61.